The summed E-state index contributed by atoms with van der Waals surface area (Å²) in [5.74, 6) is 0.292. The smallest absolute Gasteiger partial charge is 0.178 e. The minimum absolute atomic E-state index is 0.137. The van der Waals surface area contributed by atoms with Gasteiger partial charge in [-0.2, -0.15) is 0 Å². The number of unbranched alkanes of at least 4 members (excludes halogenated alkanes) is 3. The fraction of sp³-hybridized carbons (Fsp3) is 0.647. The zero-order valence-corrected chi connectivity index (χ0v) is 13.4. The maximum absolute atomic E-state index is 14.4. The highest BCUT2D eigenvalue weighted by Gasteiger charge is 2.26. The van der Waals surface area contributed by atoms with Crippen molar-refractivity contribution in [3.05, 3.63) is 23.5 Å². The number of rotatable bonds is 8. The molecule has 0 N–H and O–H groups in total. The Kier molecular flexibility index (Phi) is 6.21. The molecule has 0 aliphatic carbocycles. The molecule has 0 aromatic heterocycles. The number of hydrogen-bond acceptors (Lipinski definition) is 2. The van der Waals surface area contributed by atoms with E-state index < -0.39 is 0 Å². The lowest BCUT2D eigenvalue weighted by Gasteiger charge is -2.09. The number of thioether (sulfide) groups is 1. The van der Waals surface area contributed by atoms with Gasteiger partial charge in [-0.15, -0.1) is 11.8 Å². The van der Waals surface area contributed by atoms with Gasteiger partial charge in [0.2, 0.25) is 0 Å². The molecule has 0 bridgehead atoms. The molecule has 1 aliphatic rings. The second-order valence-corrected chi connectivity index (χ2v) is 6.82. The van der Waals surface area contributed by atoms with E-state index in [9.17, 15) is 4.39 Å². The summed E-state index contributed by atoms with van der Waals surface area (Å²) < 4.78 is 20.0. The van der Waals surface area contributed by atoms with E-state index in [0.29, 0.717) is 17.6 Å². The van der Waals surface area contributed by atoms with E-state index in [1.54, 1.807) is 17.8 Å². The third-order valence-electron chi connectivity index (χ3n) is 3.76. The lowest BCUT2D eigenvalue weighted by atomic mass is 10.1. The summed E-state index contributed by atoms with van der Waals surface area (Å²) in [4.78, 5) is 0.834. The van der Waals surface area contributed by atoms with Gasteiger partial charge in [-0.3, -0.25) is 0 Å². The van der Waals surface area contributed by atoms with Gasteiger partial charge in [0.15, 0.2) is 11.6 Å². The molecule has 1 aromatic carbocycles. The summed E-state index contributed by atoms with van der Waals surface area (Å²) in [5, 5.41) is 0.553. The van der Waals surface area contributed by atoms with Crippen molar-refractivity contribution in [3.8, 4) is 5.75 Å². The van der Waals surface area contributed by atoms with Gasteiger partial charge in [0, 0.05) is 5.25 Å². The summed E-state index contributed by atoms with van der Waals surface area (Å²) in [5.41, 5.74) is 1.16. The Morgan fingerprint density at radius 2 is 2.00 bits per heavy atom. The van der Waals surface area contributed by atoms with Crippen molar-refractivity contribution in [2.75, 3.05) is 6.61 Å². The topological polar surface area (TPSA) is 9.23 Å². The number of fused-ring (bicyclic) bond motifs is 1. The molecule has 20 heavy (non-hydrogen) atoms. The molecular formula is C17H25FOS. The molecule has 3 heteroatoms. The van der Waals surface area contributed by atoms with Crippen LogP contribution in [-0.2, 0) is 6.42 Å². The Labute approximate surface area is 126 Å². The van der Waals surface area contributed by atoms with Crippen LogP contribution in [0.2, 0.25) is 0 Å². The van der Waals surface area contributed by atoms with Crippen molar-refractivity contribution in [1.29, 1.82) is 0 Å². The summed E-state index contributed by atoms with van der Waals surface area (Å²) in [6.45, 7) is 4.94. The molecule has 1 unspecified atom stereocenters. The maximum atomic E-state index is 14.4. The second kappa shape index (κ2) is 7.92. The molecule has 2 rings (SSSR count). The summed E-state index contributed by atoms with van der Waals surface area (Å²) in [7, 11) is 0. The first-order chi connectivity index (χ1) is 9.76. The van der Waals surface area contributed by atoms with Gasteiger partial charge < -0.3 is 4.74 Å². The first kappa shape index (κ1) is 15.7. The Balaban J connectivity index is 1.96. The average molecular weight is 296 g/mol. The minimum atomic E-state index is -0.137. The number of halogens is 1. The third kappa shape index (κ3) is 3.91. The molecule has 0 fully saturated rings. The molecule has 1 nitrogen and oxygen atoms in total. The van der Waals surface area contributed by atoms with E-state index in [2.05, 4.69) is 13.8 Å². The van der Waals surface area contributed by atoms with Crippen molar-refractivity contribution >= 4 is 11.8 Å². The van der Waals surface area contributed by atoms with Crippen LogP contribution in [0.15, 0.2) is 17.0 Å². The minimum Gasteiger partial charge on any atom is -0.490 e. The molecule has 1 aromatic rings. The van der Waals surface area contributed by atoms with Gasteiger partial charge in [0.05, 0.1) is 11.5 Å². The van der Waals surface area contributed by atoms with Crippen LogP contribution in [0.3, 0.4) is 0 Å². The van der Waals surface area contributed by atoms with Crippen LogP contribution in [0, 0.1) is 5.82 Å². The Hall–Kier alpha value is -0.700. The van der Waals surface area contributed by atoms with E-state index >= 15 is 0 Å². The van der Waals surface area contributed by atoms with Crippen molar-refractivity contribution < 1.29 is 9.13 Å². The molecule has 1 aliphatic heterocycles. The Morgan fingerprint density at radius 3 is 2.75 bits per heavy atom. The van der Waals surface area contributed by atoms with Gasteiger partial charge in [-0.25, -0.2) is 4.39 Å². The third-order valence-corrected chi connectivity index (χ3v) is 5.17. The molecule has 0 spiro atoms. The zero-order valence-electron chi connectivity index (χ0n) is 12.6. The van der Waals surface area contributed by atoms with Crippen LogP contribution in [-0.4, -0.2) is 11.9 Å². The first-order valence-electron chi connectivity index (χ1n) is 7.87. The predicted molar refractivity (Wildman–Crippen MR) is 84.3 cm³/mol. The Bertz CT molecular complexity index is 433. The standard InChI is InChI=1S/C17H25FOS/c1-3-5-7-8-14-12-13-9-10-15(19-11-6-4-2)16(18)17(13)20-14/h9-10,14H,3-8,11-12H2,1-2H3. The highest BCUT2D eigenvalue weighted by atomic mass is 32.2. The number of hydrogen-bond donors (Lipinski definition) is 0. The van der Waals surface area contributed by atoms with Gasteiger partial charge in [0.1, 0.15) is 0 Å². The molecule has 0 saturated carbocycles. The van der Waals surface area contributed by atoms with Crippen LogP contribution in [0.25, 0.3) is 0 Å². The quantitative estimate of drug-likeness (QED) is 0.577. The zero-order chi connectivity index (χ0) is 14.4. The van der Waals surface area contributed by atoms with Gasteiger partial charge >= 0.3 is 0 Å². The molecular weight excluding hydrogens is 271 g/mol. The van der Waals surface area contributed by atoms with Crippen LogP contribution in [0.1, 0.15) is 57.9 Å². The van der Waals surface area contributed by atoms with Crippen LogP contribution < -0.4 is 4.74 Å². The SMILES string of the molecule is CCCCCC1Cc2ccc(OCCCC)c(F)c2S1. The maximum Gasteiger partial charge on any atom is 0.178 e. The van der Waals surface area contributed by atoms with E-state index in [0.717, 1.165) is 29.7 Å². The molecule has 0 radical (unpaired) electrons. The lowest BCUT2D eigenvalue weighted by molar-refractivity contribution is 0.291. The average Bonchev–Trinajstić information content (AvgIpc) is 2.86. The van der Waals surface area contributed by atoms with Crippen molar-refractivity contribution in [2.24, 2.45) is 0 Å². The van der Waals surface area contributed by atoms with Crippen molar-refractivity contribution in [1.82, 2.24) is 0 Å². The first-order valence-corrected chi connectivity index (χ1v) is 8.75. The van der Waals surface area contributed by atoms with E-state index in [-0.39, 0.29) is 5.82 Å². The highest BCUT2D eigenvalue weighted by molar-refractivity contribution is 8.00. The van der Waals surface area contributed by atoms with E-state index in [1.165, 1.54) is 25.7 Å². The summed E-state index contributed by atoms with van der Waals surface area (Å²) in [6, 6.07) is 3.85. The van der Waals surface area contributed by atoms with Crippen molar-refractivity contribution in [2.45, 2.75) is 68.9 Å². The van der Waals surface area contributed by atoms with Gasteiger partial charge in [0.25, 0.3) is 0 Å². The summed E-state index contributed by atoms with van der Waals surface area (Å²) >= 11 is 1.71. The predicted octanol–water partition coefficient (Wildman–Crippen LogP) is 5.60. The fourth-order valence-electron chi connectivity index (χ4n) is 2.54. The molecule has 0 saturated heterocycles. The molecule has 112 valence electrons. The van der Waals surface area contributed by atoms with Crippen molar-refractivity contribution in [3.63, 3.8) is 0 Å². The normalized spacial score (nSPS) is 17.2. The monoisotopic (exact) mass is 296 g/mol. The van der Waals surface area contributed by atoms with Crippen LogP contribution in [0.4, 0.5) is 4.39 Å². The lowest BCUT2D eigenvalue weighted by Crippen LogP contribution is -2.00. The van der Waals surface area contributed by atoms with Crippen LogP contribution >= 0.6 is 11.8 Å². The second-order valence-electron chi connectivity index (χ2n) is 5.51. The molecule has 0 amide bonds. The largest absolute Gasteiger partial charge is 0.490 e. The Morgan fingerprint density at radius 1 is 1.20 bits per heavy atom. The number of ether oxygens (including phenoxy) is 1. The highest BCUT2D eigenvalue weighted by Crippen LogP contribution is 2.43. The van der Waals surface area contributed by atoms with E-state index in [1.807, 2.05) is 6.07 Å². The number of benzene rings is 1. The van der Waals surface area contributed by atoms with Gasteiger partial charge in [-0.05, 0) is 30.9 Å². The fourth-order valence-corrected chi connectivity index (χ4v) is 3.93. The summed E-state index contributed by atoms with van der Waals surface area (Å²) in [6.07, 6.45) is 8.03. The molecule has 1 atom stereocenters. The molecule has 1 heterocycles. The van der Waals surface area contributed by atoms with E-state index in [4.69, 9.17) is 4.74 Å². The van der Waals surface area contributed by atoms with Gasteiger partial charge in [-0.1, -0.05) is 45.6 Å². The van der Waals surface area contributed by atoms with Crippen LogP contribution in [0.5, 0.6) is 5.75 Å².